The number of carbonyl (C=O) groups is 1. The van der Waals surface area contributed by atoms with Crippen molar-refractivity contribution in [3.8, 4) is 5.75 Å². The number of aliphatic hydroxyl groups excluding tert-OH is 1. The molecule has 1 aromatic carbocycles. The van der Waals surface area contributed by atoms with Crippen LogP contribution in [-0.4, -0.2) is 35.1 Å². The Morgan fingerprint density at radius 3 is 2.57 bits per heavy atom. The minimum atomic E-state index is -0.501. The van der Waals surface area contributed by atoms with E-state index in [0.717, 1.165) is 36.0 Å². The first-order valence-corrected chi connectivity index (χ1v) is 8.26. The average molecular weight is 356 g/mol. The molecule has 1 aliphatic rings. The topological polar surface area (TPSA) is 49.8 Å². The summed E-state index contributed by atoms with van der Waals surface area (Å²) in [5.41, 5.74) is 0.806. The molecule has 21 heavy (non-hydrogen) atoms. The number of benzene rings is 1. The highest BCUT2D eigenvalue weighted by Gasteiger charge is 2.23. The van der Waals surface area contributed by atoms with Gasteiger partial charge in [-0.1, -0.05) is 18.9 Å². The van der Waals surface area contributed by atoms with E-state index in [9.17, 15) is 4.79 Å². The van der Waals surface area contributed by atoms with Crippen molar-refractivity contribution in [2.45, 2.75) is 45.3 Å². The second-order valence-corrected chi connectivity index (χ2v) is 6.28. The Morgan fingerprint density at radius 2 is 2.00 bits per heavy atom. The number of carbonyl (C=O) groups excluding carboxylic acids is 1. The molecule has 0 aliphatic carbocycles. The standard InChI is InChI=1S/C16H22BrNO3/c1-12(16(20)18-8-4-2-3-5-9-18)21-15-7-6-13(11-19)10-14(15)17/h6-7,10,12,19H,2-5,8-9,11H2,1H3. The van der Waals surface area contributed by atoms with Gasteiger partial charge in [0.25, 0.3) is 5.91 Å². The molecule has 2 rings (SSSR count). The van der Waals surface area contributed by atoms with Gasteiger partial charge < -0.3 is 14.7 Å². The van der Waals surface area contributed by atoms with E-state index < -0.39 is 6.10 Å². The maximum absolute atomic E-state index is 12.4. The van der Waals surface area contributed by atoms with Gasteiger partial charge in [-0.3, -0.25) is 4.79 Å². The monoisotopic (exact) mass is 355 g/mol. The molecule has 1 aliphatic heterocycles. The molecule has 1 fully saturated rings. The van der Waals surface area contributed by atoms with Crippen molar-refractivity contribution >= 4 is 21.8 Å². The van der Waals surface area contributed by atoms with Crippen molar-refractivity contribution in [2.24, 2.45) is 0 Å². The lowest BCUT2D eigenvalue weighted by Crippen LogP contribution is -2.41. The van der Waals surface area contributed by atoms with Crippen LogP contribution in [0.25, 0.3) is 0 Å². The number of rotatable bonds is 4. The molecule has 4 nitrogen and oxygen atoms in total. The fourth-order valence-corrected chi connectivity index (χ4v) is 3.05. The zero-order valence-electron chi connectivity index (χ0n) is 12.3. The Labute approximate surface area is 134 Å². The highest BCUT2D eigenvalue weighted by Crippen LogP contribution is 2.27. The van der Waals surface area contributed by atoms with Crippen molar-refractivity contribution < 1.29 is 14.6 Å². The summed E-state index contributed by atoms with van der Waals surface area (Å²) in [5.74, 6) is 0.679. The lowest BCUT2D eigenvalue weighted by atomic mass is 10.2. The Hall–Kier alpha value is -1.07. The second kappa shape index (κ2) is 7.80. The van der Waals surface area contributed by atoms with Crippen LogP contribution in [0.3, 0.4) is 0 Å². The summed E-state index contributed by atoms with van der Waals surface area (Å²) in [6, 6.07) is 5.38. The van der Waals surface area contributed by atoms with Gasteiger partial charge in [0.05, 0.1) is 11.1 Å². The molecule has 1 amide bonds. The number of nitrogens with zero attached hydrogens (tertiary/aromatic N) is 1. The van der Waals surface area contributed by atoms with Crippen LogP contribution in [0.1, 0.15) is 38.2 Å². The molecule has 0 radical (unpaired) electrons. The van der Waals surface area contributed by atoms with E-state index in [-0.39, 0.29) is 12.5 Å². The van der Waals surface area contributed by atoms with Crippen molar-refractivity contribution in [1.29, 1.82) is 0 Å². The molecule has 1 unspecified atom stereocenters. The Bertz CT molecular complexity index is 484. The number of amides is 1. The third kappa shape index (κ3) is 4.45. The number of hydrogen-bond acceptors (Lipinski definition) is 3. The van der Waals surface area contributed by atoms with E-state index in [1.54, 1.807) is 25.1 Å². The average Bonchev–Trinajstić information content (AvgIpc) is 2.77. The molecule has 1 N–H and O–H groups in total. The van der Waals surface area contributed by atoms with Crippen molar-refractivity contribution in [2.75, 3.05) is 13.1 Å². The van der Waals surface area contributed by atoms with Crippen molar-refractivity contribution in [1.82, 2.24) is 4.90 Å². The molecule has 0 bridgehead atoms. The van der Waals surface area contributed by atoms with Gasteiger partial charge in [-0.05, 0) is 53.4 Å². The molecule has 1 aromatic rings. The van der Waals surface area contributed by atoms with Crippen LogP contribution >= 0.6 is 15.9 Å². The molecule has 1 atom stereocenters. The van der Waals surface area contributed by atoms with Gasteiger partial charge in [0, 0.05) is 13.1 Å². The maximum Gasteiger partial charge on any atom is 0.263 e. The Balaban J connectivity index is 1.99. The number of aliphatic hydroxyl groups is 1. The lowest BCUT2D eigenvalue weighted by molar-refractivity contribution is -0.137. The summed E-state index contributed by atoms with van der Waals surface area (Å²) in [7, 11) is 0. The van der Waals surface area contributed by atoms with E-state index in [0.29, 0.717) is 5.75 Å². The minimum absolute atomic E-state index is 0.0128. The second-order valence-electron chi connectivity index (χ2n) is 5.42. The summed E-state index contributed by atoms with van der Waals surface area (Å²) >= 11 is 3.41. The highest BCUT2D eigenvalue weighted by atomic mass is 79.9. The minimum Gasteiger partial charge on any atom is -0.480 e. The molecule has 5 heteroatoms. The normalized spacial score (nSPS) is 17.2. The molecule has 0 aromatic heterocycles. The van der Waals surface area contributed by atoms with Gasteiger partial charge in [-0.25, -0.2) is 0 Å². The summed E-state index contributed by atoms with van der Waals surface area (Å²) in [6.45, 7) is 3.44. The Kier molecular flexibility index (Phi) is 6.06. The molecule has 1 heterocycles. The number of halogens is 1. The van der Waals surface area contributed by atoms with Gasteiger partial charge in [-0.2, -0.15) is 0 Å². The zero-order chi connectivity index (χ0) is 15.2. The van der Waals surface area contributed by atoms with Crippen LogP contribution in [-0.2, 0) is 11.4 Å². The fraction of sp³-hybridized carbons (Fsp3) is 0.562. The largest absolute Gasteiger partial charge is 0.480 e. The first kappa shape index (κ1) is 16.3. The van der Waals surface area contributed by atoms with Crippen LogP contribution in [0.15, 0.2) is 22.7 Å². The van der Waals surface area contributed by atoms with Gasteiger partial charge >= 0.3 is 0 Å². The Morgan fingerprint density at radius 1 is 1.33 bits per heavy atom. The van der Waals surface area contributed by atoms with Crippen LogP contribution in [0.4, 0.5) is 0 Å². The molecular weight excluding hydrogens is 334 g/mol. The number of likely N-dealkylation sites (tertiary alicyclic amines) is 1. The third-order valence-corrected chi connectivity index (χ3v) is 4.37. The lowest BCUT2D eigenvalue weighted by Gasteiger charge is -2.25. The van der Waals surface area contributed by atoms with Gasteiger partial charge in [-0.15, -0.1) is 0 Å². The highest BCUT2D eigenvalue weighted by molar-refractivity contribution is 9.10. The zero-order valence-corrected chi connectivity index (χ0v) is 13.9. The van der Waals surface area contributed by atoms with Gasteiger partial charge in [0.1, 0.15) is 5.75 Å². The van der Waals surface area contributed by atoms with Gasteiger partial charge in [0.2, 0.25) is 0 Å². The SMILES string of the molecule is CC(Oc1ccc(CO)cc1Br)C(=O)N1CCCCCC1. The van der Waals surface area contributed by atoms with Crippen molar-refractivity contribution in [3.05, 3.63) is 28.2 Å². The maximum atomic E-state index is 12.4. The fourth-order valence-electron chi connectivity index (χ4n) is 2.53. The molecule has 0 saturated carbocycles. The molecule has 0 spiro atoms. The van der Waals surface area contributed by atoms with E-state index in [1.807, 2.05) is 4.90 Å². The predicted molar refractivity (Wildman–Crippen MR) is 85.2 cm³/mol. The predicted octanol–water partition coefficient (Wildman–Crippen LogP) is 3.11. The van der Waals surface area contributed by atoms with Crippen molar-refractivity contribution in [3.63, 3.8) is 0 Å². The molecule has 116 valence electrons. The first-order valence-electron chi connectivity index (χ1n) is 7.46. The van der Waals surface area contributed by atoms with Gasteiger partial charge in [0.15, 0.2) is 6.10 Å². The van der Waals surface area contributed by atoms with Crippen LogP contribution in [0.5, 0.6) is 5.75 Å². The van der Waals surface area contributed by atoms with Crippen LogP contribution in [0.2, 0.25) is 0 Å². The smallest absolute Gasteiger partial charge is 0.263 e. The van der Waals surface area contributed by atoms with E-state index >= 15 is 0 Å². The summed E-state index contributed by atoms with van der Waals surface area (Å²) in [5, 5.41) is 9.10. The van der Waals surface area contributed by atoms with E-state index in [1.165, 1.54) is 12.8 Å². The van der Waals surface area contributed by atoms with Crippen LogP contribution in [0, 0.1) is 0 Å². The van der Waals surface area contributed by atoms with E-state index in [4.69, 9.17) is 9.84 Å². The number of hydrogen-bond donors (Lipinski definition) is 1. The third-order valence-electron chi connectivity index (χ3n) is 3.75. The first-order chi connectivity index (χ1) is 10.1. The quantitative estimate of drug-likeness (QED) is 0.902. The summed E-state index contributed by atoms with van der Waals surface area (Å²) in [4.78, 5) is 14.3. The summed E-state index contributed by atoms with van der Waals surface area (Å²) < 4.78 is 6.53. The molecule has 1 saturated heterocycles. The van der Waals surface area contributed by atoms with Crippen LogP contribution < -0.4 is 4.74 Å². The van der Waals surface area contributed by atoms with E-state index in [2.05, 4.69) is 15.9 Å². The molecular formula is C16H22BrNO3. The summed E-state index contributed by atoms with van der Waals surface area (Å²) in [6.07, 6.45) is 4.06. The number of ether oxygens (including phenoxy) is 1.